The number of nitrogens with zero attached hydrogens (tertiary/aromatic N) is 2. The summed E-state index contributed by atoms with van der Waals surface area (Å²) >= 11 is 1.81. The molecular formula is C19H35IN4OS. The number of hydrogen-bond donors (Lipinski definition) is 2. The predicted molar refractivity (Wildman–Crippen MR) is 123 cm³/mol. The van der Waals surface area contributed by atoms with Crippen molar-refractivity contribution in [3.05, 3.63) is 22.4 Å². The maximum Gasteiger partial charge on any atom is 0.191 e. The van der Waals surface area contributed by atoms with Crippen molar-refractivity contribution >= 4 is 41.3 Å². The number of morpholine rings is 1. The molecule has 1 saturated heterocycles. The topological polar surface area (TPSA) is 48.9 Å². The number of guanidine groups is 1. The molecule has 26 heavy (non-hydrogen) atoms. The molecule has 0 saturated carbocycles. The van der Waals surface area contributed by atoms with E-state index in [9.17, 15) is 0 Å². The van der Waals surface area contributed by atoms with Crippen LogP contribution in [0.25, 0.3) is 0 Å². The van der Waals surface area contributed by atoms with Gasteiger partial charge in [-0.05, 0) is 31.7 Å². The maximum absolute atomic E-state index is 5.79. The zero-order valence-electron chi connectivity index (χ0n) is 16.7. The van der Waals surface area contributed by atoms with E-state index >= 15 is 0 Å². The van der Waals surface area contributed by atoms with E-state index in [-0.39, 0.29) is 29.4 Å². The highest BCUT2D eigenvalue weighted by Gasteiger charge is 2.22. The van der Waals surface area contributed by atoms with Crippen molar-refractivity contribution in [2.75, 3.05) is 39.8 Å². The van der Waals surface area contributed by atoms with Crippen molar-refractivity contribution in [1.29, 1.82) is 0 Å². The first kappa shape index (κ1) is 23.7. The predicted octanol–water partition coefficient (Wildman–Crippen LogP) is 3.31. The van der Waals surface area contributed by atoms with Crippen LogP contribution < -0.4 is 10.6 Å². The maximum atomic E-state index is 5.79. The number of ether oxygens (including phenoxy) is 1. The third-order valence-corrected chi connectivity index (χ3v) is 5.78. The van der Waals surface area contributed by atoms with Crippen LogP contribution in [0.5, 0.6) is 0 Å². The molecular weight excluding hydrogens is 459 g/mol. The minimum atomic E-state index is 0. The fourth-order valence-corrected chi connectivity index (χ4v) is 4.10. The third-order valence-electron chi connectivity index (χ3n) is 4.55. The van der Waals surface area contributed by atoms with Gasteiger partial charge < -0.3 is 15.4 Å². The van der Waals surface area contributed by atoms with Crippen LogP contribution in [0, 0.1) is 0 Å². The van der Waals surface area contributed by atoms with E-state index in [4.69, 9.17) is 4.74 Å². The number of aliphatic imine (C=N–C) groups is 1. The monoisotopic (exact) mass is 494 g/mol. The first-order valence-electron chi connectivity index (χ1n) is 9.27. The molecule has 1 aromatic heterocycles. The quantitative estimate of drug-likeness (QED) is 0.264. The summed E-state index contributed by atoms with van der Waals surface area (Å²) in [6.07, 6.45) is 1.78. The number of halogens is 1. The van der Waals surface area contributed by atoms with E-state index in [1.54, 1.807) is 0 Å². The van der Waals surface area contributed by atoms with Crippen LogP contribution >= 0.6 is 35.3 Å². The standard InChI is InChI=1S/C19H34N4OS.HI/c1-15-12-23(13-16(2)24-15)10-7-9-21-18(20-5)22-14-19(3,4)17-8-6-11-25-17;/h6,8,11,15-16H,7,9-10,12-14H2,1-5H3,(H2,20,21,22);1H. The Bertz CT molecular complexity index is 526. The molecule has 0 radical (unpaired) electrons. The van der Waals surface area contributed by atoms with E-state index in [1.165, 1.54) is 4.88 Å². The molecule has 1 aromatic rings. The Morgan fingerprint density at radius 2 is 2.00 bits per heavy atom. The van der Waals surface area contributed by atoms with Gasteiger partial charge in [0.2, 0.25) is 0 Å². The second-order valence-electron chi connectivity index (χ2n) is 7.58. The van der Waals surface area contributed by atoms with Crippen molar-refractivity contribution in [1.82, 2.24) is 15.5 Å². The summed E-state index contributed by atoms with van der Waals surface area (Å²) in [6.45, 7) is 13.8. The van der Waals surface area contributed by atoms with Crippen LogP contribution in [-0.2, 0) is 10.2 Å². The lowest BCUT2D eigenvalue weighted by molar-refractivity contribution is -0.0679. The second kappa shape index (κ2) is 11.5. The van der Waals surface area contributed by atoms with E-state index in [2.05, 4.69) is 65.7 Å². The van der Waals surface area contributed by atoms with Crippen LogP contribution in [0.15, 0.2) is 22.5 Å². The van der Waals surface area contributed by atoms with Crippen molar-refractivity contribution < 1.29 is 4.74 Å². The van der Waals surface area contributed by atoms with Gasteiger partial charge in [-0.2, -0.15) is 0 Å². The van der Waals surface area contributed by atoms with Crippen molar-refractivity contribution in [3.8, 4) is 0 Å². The van der Waals surface area contributed by atoms with Crippen molar-refractivity contribution in [2.24, 2.45) is 4.99 Å². The SMILES string of the molecule is CN=C(NCCCN1CC(C)OC(C)C1)NCC(C)(C)c1cccs1.I. The summed E-state index contributed by atoms with van der Waals surface area (Å²) in [4.78, 5) is 8.24. The van der Waals surface area contributed by atoms with E-state index in [1.807, 2.05) is 18.4 Å². The van der Waals surface area contributed by atoms with E-state index < -0.39 is 0 Å². The highest BCUT2D eigenvalue weighted by Crippen LogP contribution is 2.26. The Kier molecular flexibility index (Phi) is 10.4. The minimum Gasteiger partial charge on any atom is -0.373 e. The molecule has 150 valence electrons. The molecule has 5 nitrogen and oxygen atoms in total. The zero-order chi connectivity index (χ0) is 18.3. The molecule has 7 heteroatoms. The molecule has 1 fully saturated rings. The molecule has 2 unspecified atom stereocenters. The zero-order valence-corrected chi connectivity index (χ0v) is 19.9. The highest BCUT2D eigenvalue weighted by molar-refractivity contribution is 14.0. The Hall–Kier alpha value is -0.380. The minimum absolute atomic E-state index is 0. The van der Waals surface area contributed by atoms with Gasteiger partial charge in [-0.3, -0.25) is 9.89 Å². The van der Waals surface area contributed by atoms with Crippen LogP contribution in [0.3, 0.4) is 0 Å². The van der Waals surface area contributed by atoms with Gasteiger partial charge >= 0.3 is 0 Å². The molecule has 0 aliphatic carbocycles. The van der Waals surface area contributed by atoms with E-state index in [0.29, 0.717) is 12.2 Å². The van der Waals surface area contributed by atoms with Crippen LogP contribution in [0.2, 0.25) is 0 Å². The fraction of sp³-hybridized carbons (Fsp3) is 0.737. The summed E-state index contributed by atoms with van der Waals surface area (Å²) in [7, 11) is 1.83. The Morgan fingerprint density at radius 3 is 2.58 bits per heavy atom. The van der Waals surface area contributed by atoms with Crippen LogP contribution in [-0.4, -0.2) is 62.8 Å². The Balaban J connectivity index is 0.00000338. The fourth-order valence-electron chi connectivity index (χ4n) is 3.25. The van der Waals surface area contributed by atoms with Gasteiger partial charge in [0.1, 0.15) is 0 Å². The number of hydrogen-bond acceptors (Lipinski definition) is 4. The molecule has 2 atom stereocenters. The number of nitrogens with one attached hydrogen (secondary N) is 2. The first-order chi connectivity index (χ1) is 11.9. The smallest absolute Gasteiger partial charge is 0.191 e. The van der Waals surface area contributed by atoms with Gasteiger partial charge in [-0.15, -0.1) is 35.3 Å². The lowest BCUT2D eigenvalue weighted by Crippen LogP contribution is -2.47. The largest absolute Gasteiger partial charge is 0.373 e. The van der Waals surface area contributed by atoms with Gasteiger partial charge in [-0.1, -0.05) is 19.9 Å². The molecule has 0 aromatic carbocycles. The summed E-state index contributed by atoms with van der Waals surface area (Å²) in [6, 6.07) is 4.31. The number of rotatable bonds is 7. The lowest BCUT2D eigenvalue weighted by atomic mass is 9.91. The molecule has 2 rings (SSSR count). The summed E-state index contributed by atoms with van der Waals surface area (Å²) in [5.41, 5.74) is 0.103. The van der Waals surface area contributed by atoms with Gasteiger partial charge in [0.05, 0.1) is 12.2 Å². The second-order valence-corrected chi connectivity index (χ2v) is 8.53. The average Bonchev–Trinajstić information content (AvgIpc) is 3.08. The van der Waals surface area contributed by atoms with Gasteiger partial charge in [0, 0.05) is 50.1 Å². The average molecular weight is 494 g/mol. The molecule has 0 spiro atoms. The van der Waals surface area contributed by atoms with Crippen molar-refractivity contribution in [2.45, 2.75) is 51.7 Å². The molecule has 2 N–H and O–H groups in total. The Labute approximate surface area is 180 Å². The molecule has 0 amide bonds. The molecule has 2 heterocycles. The normalized spacial score (nSPS) is 22.0. The van der Waals surface area contributed by atoms with E-state index in [0.717, 1.165) is 45.1 Å². The lowest BCUT2D eigenvalue weighted by Gasteiger charge is -2.35. The van der Waals surface area contributed by atoms with Crippen LogP contribution in [0.1, 0.15) is 39.0 Å². The highest BCUT2D eigenvalue weighted by atomic mass is 127. The van der Waals surface area contributed by atoms with Crippen LogP contribution in [0.4, 0.5) is 0 Å². The molecule has 1 aliphatic heterocycles. The van der Waals surface area contributed by atoms with Gasteiger partial charge in [-0.25, -0.2) is 0 Å². The van der Waals surface area contributed by atoms with Gasteiger partial charge in [0.15, 0.2) is 5.96 Å². The third kappa shape index (κ3) is 7.70. The van der Waals surface area contributed by atoms with Gasteiger partial charge in [0.25, 0.3) is 0 Å². The first-order valence-corrected chi connectivity index (χ1v) is 10.1. The number of thiophene rings is 1. The summed E-state index contributed by atoms with van der Waals surface area (Å²) in [5.74, 6) is 0.883. The Morgan fingerprint density at radius 1 is 1.31 bits per heavy atom. The summed E-state index contributed by atoms with van der Waals surface area (Å²) in [5, 5.41) is 9.03. The molecule has 1 aliphatic rings. The van der Waals surface area contributed by atoms with Crippen molar-refractivity contribution in [3.63, 3.8) is 0 Å². The molecule has 0 bridgehead atoms. The summed E-state index contributed by atoms with van der Waals surface area (Å²) < 4.78 is 5.79.